The van der Waals surface area contributed by atoms with Gasteiger partial charge in [0.1, 0.15) is 11.7 Å². The Labute approximate surface area is 149 Å². The molecule has 1 N–H and O–H groups in total. The first-order chi connectivity index (χ1) is 11.4. The lowest BCUT2D eigenvalue weighted by molar-refractivity contribution is -0.142. The van der Waals surface area contributed by atoms with Crippen LogP contribution < -0.4 is 0 Å². The van der Waals surface area contributed by atoms with Gasteiger partial charge in [0, 0.05) is 29.7 Å². The average Bonchev–Trinajstić information content (AvgIpc) is 2.95. The number of fused-ring (bicyclic) bond motifs is 1. The molecule has 2 aromatic rings. The summed E-state index contributed by atoms with van der Waals surface area (Å²) in [6.07, 6.45) is 2.19. The van der Waals surface area contributed by atoms with Gasteiger partial charge in [0.05, 0.1) is 0 Å². The average molecular weight is 391 g/mol. The molecule has 0 aliphatic carbocycles. The number of halogens is 1. The van der Waals surface area contributed by atoms with Crippen LogP contribution in [0.25, 0.3) is 0 Å². The van der Waals surface area contributed by atoms with Crippen molar-refractivity contribution in [2.75, 3.05) is 0 Å². The van der Waals surface area contributed by atoms with Gasteiger partial charge in [-0.1, -0.05) is 24.3 Å². The molecule has 1 unspecified atom stereocenters. The maximum atomic E-state index is 13.1. The normalized spacial score (nSPS) is 17.0. The first-order valence-corrected chi connectivity index (χ1v) is 8.65. The Bertz CT molecular complexity index is 797. The number of benzene rings is 1. The van der Waals surface area contributed by atoms with Crippen LogP contribution in [0.15, 0.2) is 41.0 Å². The molecule has 3 rings (SSSR count). The van der Waals surface area contributed by atoms with E-state index in [2.05, 4.69) is 15.9 Å². The van der Waals surface area contributed by atoms with Crippen molar-refractivity contribution in [3.63, 3.8) is 0 Å². The number of rotatable bonds is 3. The lowest BCUT2D eigenvalue weighted by Gasteiger charge is -2.34. The van der Waals surface area contributed by atoms with Crippen LogP contribution in [-0.2, 0) is 17.8 Å². The van der Waals surface area contributed by atoms with E-state index in [1.54, 1.807) is 6.07 Å². The Morgan fingerprint density at radius 3 is 2.54 bits per heavy atom. The van der Waals surface area contributed by atoms with E-state index >= 15 is 0 Å². The number of carbonyl (C=O) groups is 2. The highest BCUT2D eigenvalue weighted by atomic mass is 79.9. The molecule has 1 aromatic carbocycles. The molecule has 1 aliphatic rings. The van der Waals surface area contributed by atoms with Crippen molar-refractivity contribution >= 4 is 27.8 Å². The third-order valence-corrected chi connectivity index (χ3v) is 4.82. The molecular formula is C18H19BrN2O3. The molecule has 0 saturated heterocycles. The zero-order chi connectivity index (χ0) is 17.4. The molecule has 1 atom stereocenters. The van der Waals surface area contributed by atoms with Gasteiger partial charge in [-0.05, 0) is 47.0 Å². The molecule has 2 heterocycles. The lowest BCUT2D eigenvalue weighted by Crippen LogP contribution is -2.49. The van der Waals surface area contributed by atoms with Gasteiger partial charge in [0.15, 0.2) is 0 Å². The number of nitrogens with zero attached hydrogens (tertiary/aromatic N) is 2. The second kappa shape index (κ2) is 6.43. The quantitative estimate of drug-likeness (QED) is 0.872. The summed E-state index contributed by atoms with van der Waals surface area (Å²) in [7, 11) is 0. The van der Waals surface area contributed by atoms with Gasteiger partial charge in [-0.25, -0.2) is 4.79 Å². The van der Waals surface area contributed by atoms with Crippen LogP contribution in [0.2, 0.25) is 0 Å². The highest BCUT2D eigenvalue weighted by molar-refractivity contribution is 9.10. The number of hydrogen-bond donors (Lipinski definition) is 1. The van der Waals surface area contributed by atoms with Gasteiger partial charge in [0.25, 0.3) is 5.91 Å². The molecule has 6 heteroatoms. The molecule has 5 nitrogen and oxygen atoms in total. The minimum atomic E-state index is -0.973. The number of amides is 1. The number of carbonyl (C=O) groups excluding carboxylic acids is 1. The summed E-state index contributed by atoms with van der Waals surface area (Å²) in [5.41, 5.74) is 2.50. The van der Waals surface area contributed by atoms with E-state index in [0.29, 0.717) is 18.7 Å². The van der Waals surface area contributed by atoms with Crippen molar-refractivity contribution in [3.05, 3.63) is 57.8 Å². The fourth-order valence-corrected chi connectivity index (χ4v) is 3.59. The van der Waals surface area contributed by atoms with Gasteiger partial charge >= 0.3 is 5.97 Å². The molecule has 1 aliphatic heterocycles. The molecule has 126 valence electrons. The van der Waals surface area contributed by atoms with Crippen LogP contribution >= 0.6 is 15.9 Å². The number of aliphatic carboxylic acids is 1. The third kappa shape index (κ3) is 2.98. The number of carboxylic acid groups (broad SMARTS) is 1. The van der Waals surface area contributed by atoms with Crippen molar-refractivity contribution in [1.82, 2.24) is 9.47 Å². The van der Waals surface area contributed by atoms with Gasteiger partial charge in [-0.15, -0.1) is 0 Å². The molecule has 0 spiro atoms. The van der Waals surface area contributed by atoms with Crippen LogP contribution in [0, 0.1) is 0 Å². The summed E-state index contributed by atoms with van der Waals surface area (Å²) < 4.78 is 2.68. The Morgan fingerprint density at radius 2 is 1.92 bits per heavy atom. The summed E-state index contributed by atoms with van der Waals surface area (Å²) in [6.45, 7) is 4.29. The Morgan fingerprint density at radius 1 is 1.25 bits per heavy atom. The van der Waals surface area contributed by atoms with Crippen LogP contribution in [-0.4, -0.2) is 32.5 Å². The summed E-state index contributed by atoms with van der Waals surface area (Å²) in [5, 5.41) is 9.60. The minimum absolute atomic E-state index is 0.107. The first kappa shape index (κ1) is 16.8. The standard InChI is InChI=1S/C18H19BrN2O3/c1-11(2)20-10-14(19)8-15(20)17(22)21-9-13-6-4-3-5-12(13)7-16(21)18(23)24/h3-6,8,10-11,16H,7,9H2,1-2H3,(H,23,24). The smallest absolute Gasteiger partial charge is 0.326 e. The van der Waals surface area contributed by atoms with E-state index in [9.17, 15) is 14.7 Å². The summed E-state index contributed by atoms with van der Waals surface area (Å²) >= 11 is 3.41. The summed E-state index contributed by atoms with van der Waals surface area (Å²) in [6, 6.07) is 8.71. The predicted octanol–water partition coefficient (Wildman–Crippen LogP) is 3.48. The molecular weight excluding hydrogens is 372 g/mol. The van der Waals surface area contributed by atoms with Crippen LogP contribution in [0.1, 0.15) is 41.5 Å². The van der Waals surface area contributed by atoms with Crippen LogP contribution in [0.4, 0.5) is 0 Å². The molecule has 24 heavy (non-hydrogen) atoms. The SMILES string of the molecule is CC(C)n1cc(Br)cc1C(=O)N1Cc2ccccc2CC1C(=O)O. The summed E-state index contributed by atoms with van der Waals surface area (Å²) in [4.78, 5) is 26.3. The van der Waals surface area contributed by atoms with E-state index in [1.807, 2.05) is 48.9 Å². The van der Waals surface area contributed by atoms with Crippen molar-refractivity contribution in [3.8, 4) is 0 Å². The topological polar surface area (TPSA) is 62.5 Å². The Hall–Kier alpha value is -2.08. The zero-order valence-corrected chi connectivity index (χ0v) is 15.2. The highest BCUT2D eigenvalue weighted by Gasteiger charge is 2.36. The Kier molecular flexibility index (Phi) is 4.49. The molecule has 0 fully saturated rings. The van der Waals surface area contributed by atoms with E-state index in [4.69, 9.17) is 0 Å². The van der Waals surface area contributed by atoms with E-state index < -0.39 is 12.0 Å². The van der Waals surface area contributed by atoms with Crippen molar-refractivity contribution in [1.29, 1.82) is 0 Å². The lowest BCUT2D eigenvalue weighted by atomic mass is 9.93. The van der Waals surface area contributed by atoms with Crippen molar-refractivity contribution < 1.29 is 14.7 Å². The van der Waals surface area contributed by atoms with Crippen LogP contribution in [0.3, 0.4) is 0 Å². The fraction of sp³-hybridized carbons (Fsp3) is 0.333. The number of aromatic nitrogens is 1. The number of carboxylic acids is 1. The Balaban J connectivity index is 2.00. The second-order valence-electron chi connectivity index (χ2n) is 6.30. The van der Waals surface area contributed by atoms with E-state index in [-0.39, 0.29) is 11.9 Å². The maximum absolute atomic E-state index is 13.1. The van der Waals surface area contributed by atoms with Gasteiger partial charge < -0.3 is 14.6 Å². The van der Waals surface area contributed by atoms with Crippen molar-refractivity contribution in [2.24, 2.45) is 0 Å². The van der Waals surface area contributed by atoms with Crippen molar-refractivity contribution in [2.45, 2.75) is 38.9 Å². The molecule has 1 aromatic heterocycles. The zero-order valence-electron chi connectivity index (χ0n) is 13.6. The molecule has 1 amide bonds. The van der Waals surface area contributed by atoms with E-state index in [0.717, 1.165) is 15.6 Å². The van der Waals surface area contributed by atoms with Gasteiger partial charge in [0.2, 0.25) is 0 Å². The molecule has 0 saturated carbocycles. The van der Waals surface area contributed by atoms with Crippen LogP contribution in [0.5, 0.6) is 0 Å². The number of hydrogen-bond acceptors (Lipinski definition) is 2. The largest absolute Gasteiger partial charge is 0.480 e. The van der Waals surface area contributed by atoms with Gasteiger partial charge in [-0.3, -0.25) is 4.79 Å². The first-order valence-electron chi connectivity index (χ1n) is 7.86. The van der Waals surface area contributed by atoms with Gasteiger partial charge in [-0.2, -0.15) is 0 Å². The third-order valence-electron chi connectivity index (χ3n) is 4.39. The maximum Gasteiger partial charge on any atom is 0.326 e. The highest BCUT2D eigenvalue weighted by Crippen LogP contribution is 2.27. The van der Waals surface area contributed by atoms with E-state index in [1.165, 1.54) is 4.90 Å². The minimum Gasteiger partial charge on any atom is -0.480 e. The predicted molar refractivity (Wildman–Crippen MR) is 94.0 cm³/mol. The monoisotopic (exact) mass is 390 g/mol. The molecule has 0 radical (unpaired) electrons. The fourth-order valence-electron chi connectivity index (χ4n) is 3.15. The summed E-state index contributed by atoms with van der Waals surface area (Å²) in [5.74, 6) is -1.23. The molecule has 0 bridgehead atoms. The second-order valence-corrected chi connectivity index (χ2v) is 7.22.